The maximum Gasteiger partial charge on any atom is 0.344 e. The molecule has 1 aromatic rings. The molecule has 0 saturated heterocycles. The number of hydrogen-bond donors (Lipinski definition) is 1. The topological polar surface area (TPSA) is 56.8 Å². The first kappa shape index (κ1) is 15.6. The zero-order valence-corrected chi connectivity index (χ0v) is 12.8. The number of rotatable bonds is 8. The minimum atomic E-state index is -0.381. The minimum absolute atomic E-state index is 0.117. The van der Waals surface area contributed by atoms with Gasteiger partial charge in [0.1, 0.15) is 0 Å². The summed E-state index contributed by atoms with van der Waals surface area (Å²) in [6.07, 6.45) is 2.36. The molecule has 1 fully saturated rings. The Balaban J connectivity index is 1.94. The van der Waals surface area contributed by atoms with Crippen molar-refractivity contribution in [2.75, 3.05) is 13.7 Å². The van der Waals surface area contributed by atoms with E-state index < -0.39 is 0 Å². The first-order valence-electron chi connectivity index (χ1n) is 7.31. The van der Waals surface area contributed by atoms with Crippen molar-refractivity contribution in [3.63, 3.8) is 0 Å². The van der Waals surface area contributed by atoms with Gasteiger partial charge in [-0.3, -0.25) is 0 Å². The van der Waals surface area contributed by atoms with Crippen LogP contribution >= 0.6 is 0 Å². The van der Waals surface area contributed by atoms with Crippen LogP contribution in [0.1, 0.15) is 32.3 Å². The fourth-order valence-corrected chi connectivity index (χ4v) is 1.93. The van der Waals surface area contributed by atoms with E-state index in [4.69, 9.17) is 14.2 Å². The van der Waals surface area contributed by atoms with E-state index in [0.29, 0.717) is 17.5 Å². The Kier molecular flexibility index (Phi) is 5.44. The summed E-state index contributed by atoms with van der Waals surface area (Å²) >= 11 is 0. The van der Waals surface area contributed by atoms with Crippen LogP contribution in [0.3, 0.4) is 0 Å². The molecular formula is C16H23NO4. The van der Waals surface area contributed by atoms with E-state index in [2.05, 4.69) is 5.32 Å². The van der Waals surface area contributed by atoms with Crippen molar-refractivity contribution in [3.05, 3.63) is 23.8 Å². The lowest BCUT2D eigenvalue weighted by molar-refractivity contribution is -0.149. The molecule has 0 aliphatic heterocycles. The van der Waals surface area contributed by atoms with Crippen molar-refractivity contribution in [1.29, 1.82) is 0 Å². The lowest BCUT2D eigenvalue weighted by Gasteiger charge is -2.13. The SMILES string of the molecule is COc1ccc(CNC2CC2)cc1OCC(=O)OC(C)C. The molecule has 0 heterocycles. The Morgan fingerprint density at radius 1 is 1.33 bits per heavy atom. The highest BCUT2D eigenvalue weighted by atomic mass is 16.6. The fourth-order valence-electron chi connectivity index (χ4n) is 1.93. The molecule has 0 spiro atoms. The van der Waals surface area contributed by atoms with Gasteiger partial charge in [0.05, 0.1) is 13.2 Å². The number of carbonyl (C=O) groups is 1. The molecule has 5 heteroatoms. The summed E-state index contributed by atoms with van der Waals surface area (Å²) in [6.45, 7) is 4.29. The fraction of sp³-hybridized carbons (Fsp3) is 0.562. The van der Waals surface area contributed by atoms with Crippen molar-refractivity contribution < 1.29 is 19.0 Å². The summed E-state index contributed by atoms with van der Waals surface area (Å²) in [5, 5.41) is 3.44. The van der Waals surface area contributed by atoms with Crippen molar-refractivity contribution in [2.45, 2.75) is 45.4 Å². The molecule has 1 aliphatic carbocycles. The van der Waals surface area contributed by atoms with E-state index in [-0.39, 0.29) is 18.7 Å². The van der Waals surface area contributed by atoms with E-state index in [9.17, 15) is 4.79 Å². The number of methoxy groups -OCH3 is 1. The predicted octanol–water partition coefficient (Wildman–Crippen LogP) is 2.28. The Bertz CT molecular complexity index is 483. The molecule has 1 aliphatic rings. The van der Waals surface area contributed by atoms with E-state index in [0.717, 1.165) is 12.1 Å². The van der Waals surface area contributed by atoms with Gasteiger partial charge in [-0.05, 0) is 44.4 Å². The molecule has 0 unspecified atom stereocenters. The zero-order valence-electron chi connectivity index (χ0n) is 12.8. The van der Waals surface area contributed by atoms with Gasteiger partial charge in [0, 0.05) is 12.6 Å². The minimum Gasteiger partial charge on any atom is -0.493 e. The molecule has 0 aromatic heterocycles. The van der Waals surface area contributed by atoms with Crippen molar-refractivity contribution in [2.24, 2.45) is 0 Å². The molecule has 1 N–H and O–H groups in total. The van der Waals surface area contributed by atoms with E-state index in [1.165, 1.54) is 12.8 Å². The molecule has 1 aromatic carbocycles. The van der Waals surface area contributed by atoms with Gasteiger partial charge in [0.15, 0.2) is 18.1 Å². The molecule has 116 valence electrons. The molecule has 1 saturated carbocycles. The normalized spacial score (nSPS) is 14.1. The van der Waals surface area contributed by atoms with E-state index in [1.54, 1.807) is 7.11 Å². The Morgan fingerprint density at radius 2 is 2.10 bits per heavy atom. The van der Waals surface area contributed by atoms with Gasteiger partial charge in [-0.1, -0.05) is 6.07 Å². The first-order chi connectivity index (χ1) is 10.1. The van der Waals surface area contributed by atoms with Crippen LogP contribution < -0.4 is 14.8 Å². The van der Waals surface area contributed by atoms with Crippen LogP contribution in [0.15, 0.2) is 18.2 Å². The standard InChI is InChI=1S/C16H23NO4/c1-11(2)21-16(18)10-20-15-8-12(4-7-14(15)19-3)9-17-13-5-6-13/h4,7-8,11,13,17H,5-6,9-10H2,1-3H3. The molecule has 0 bridgehead atoms. The monoisotopic (exact) mass is 293 g/mol. The number of benzene rings is 1. The Hall–Kier alpha value is -1.75. The van der Waals surface area contributed by atoms with Gasteiger partial charge in [-0.2, -0.15) is 0 Å². The maximum atomic E-state index is 11.5. The Labute approximate surface area is 125 Å². The molecule has 5 nitrogen and oxygen atoms in total. The van der Waals surface area contributed by atoms with Gasteiger partial charge in [-0.15, -0.1) is 0 Å². The summed E-state index contributed by atoms with van der Waals surface area (Å²) in [5.41, 5.74) is 1.11. The summed E-state index contributed by atoms with van der Waals surface area (Å²) < 4.78 is 15.8. The predicted molar refractivity (Wildman–Crippen MR) is 79.6 cm³/mol. The number of carbonyl (C=O) groups excluding carboxylic acids is 1. The van der Waals surface area contributed by atoms with Crippen LogP contribution in [0, 0.1) is 0 Å². The molecule has 0 atom stereocenters. The summed E-state index contributed by atoms with van der Waals surface area (Å²) in [6, 6.07) is 6.40. The van der Waals surface area contributed by atoms with E-state index in [1.807, 2.05) is 32.0 Å². The van der Waals surface area contributed by atoms with Gasteiger partial charge in [-0.25, -0.2) is 4.79 Å². The third-order valence-corrected chi connectivity index (χ3v) is 3.11. The largest absolute Gasteiger partial charge is 0.493 e. The highest BCUT2D eigenvalue weighted by Crippen LogP contribution is 2.28. The van der Waals surface area contributed by atoms with Crippen LogP contribution in [0.4, 0.5) is 0 Å². The van der Waals surface area contributed by atoms with Crippen LogP contribution in [0.5, 0.6) is 11.5 Å². The average Bonchev–Trinajstić information content (AvgIpc) is 3.26. The third kappa shape index (κ3) is 5.27. The van der Waals surface area contributed by atoms with Gasteiger partial charge in [0.2, 0.25) is 0 Å². The summed E-state index contributed by atoms with van der Waals surface area (Å²) in [4.78, 5) is 11.5. The third-order valence-electron chi connectivity index (χ3n) is 3.11. The number of esters is 1. The second-order valence-corrected chi connectivity index (χ2v) is 5.47. The smallest absolute Gasteiger partial charge is 0.344 e. The molecule has 0 radical (unpaired) electrons. The summed E-state index contributed by atoms with van der Waals surface area (Å²) in [7, 11) is 1.58. The zero-order chi connectivity index (χ0) is 15.2. The van der Waals surface area contributed by atoms with Gasteiger partial charge >= 0.3 is 5.97 Å². The van der Waals surface area contributed by atoms with Crippen LogP contribution in [0.25, 0.3) is 0 Å². The van der Waals surface area contributed by atoms with Crippen LogP contribution in [-0.2, 0) is 16.1 Å². The lowest BCUT2D eigenvalue weighted by Crippen LogP contribution is -2.19. The highest BCUT2D eigenvalue weighted by molar-refractivity contribution is 5.71. The Morgan fingerprint density at radius 3 is 2.71 bits per heavy atom. The van der Waals surface area contributed by atoms with Crippen LogP contribution in [-0.4, -0.2) is 31.8 Å². The molecule has 21 heavy (non-hydrogen) atoms. The summed E-state index contributed by atoms with van der Waals surface area (Å²) in [5.74, 6) is 0.796. The van der Waals surface area contributed by atoms with Gasteiger partial charge in [0.25, 0.3) is 0 Å². The lowest BCUT2D eigenvalue weighted by atomic mass is 10.2. The molecular weight excluding hydrogens is 270 g/mol. The number of hydrogen-bond acceptors (Lipinski definition) is 5. The number of ether oxygens (including phenoxy) is 3. The highest BCUT2D eigenvalue weighted by Gasteiger charge is 2.20. The number of nitrogens with one attached hydrogen (secondary N) is 1. The van der Waals surface area contributed by atoms with E-state index >= 15 is 0 Å². The molecule has 2 rings (SSSR count). The van der Waals surface area contributed by atoms with Gasteiger partial charge < -0.3 is 19.5 Å². The quantitative estimate of drug-likeness (QED) is 0.745. The second kappa shape index (κ2) is 7.31. The van der Waals surface area contributed by atoms with Crippen LogP contribution in [0.2, 0.25) is 0 Å². The average molecular weight is 293 g/mol. The molecule has 0 amide bonds. The second-order valence-electron chi connectivity index (χ2n) is 5.47. The van der Waals surface area contributed by atoms with Crippen molar-refractivity contribution >= 4 is 5.97 Å². The van der Waals surface area contributed by atoms with Crippen molar-refractivity contribution in [1.82, 2.24) is 5.32 Å². The van der Waals surface area contributed by atoms with Crippen molar-refractivity contribution in [3.8, 4) is 11.5 Å². The first-order valence-corrected chi connectivity index (χ1v) is 7.31. The maximum absolute atomic E-state index is 11.5.